The molecule has 10 nitrogen and oxygen atoms in total. The van der Waals surface area contributed by atoms with E-state index in [1.165, 1.54) is 25.9 Å². The molecule has 152 valence electrons. The lowest BCUT2D eigenvalue weighted by Gasteiger charge is -2.10. The Labute approximate surface area is 167 Å². The zero-order chi connectivity index (χ0) is 20.8. The van der Waals surface area contributed by atoms with E-state index in [9.17, 15) is 4.79 Å². The van der Waals surface area contributed by atoms with Crippen LogP contribution in [0.5, 0.6) is 11.6 Å². The van der Waals surface area contributed by atoms with Crippen molar-refractivity contribution < 1.29 is 24.2 Å². The second-order valence-electron chi connectivity index (χ2n) is 5.81. The Morgan fingerprint density at radius 1 is 1.17 bits per heavy atom. The van der Waals surface area contributed by atoms with Crippen molar-refractivity contribution in [2.24, 2.45) is 0 Å². The van der Waals surface area contributed by atoms with Crippen molar-refractivity contribution in [2.45, 2.75) is 0 Å². The molecule has 0 atom stereocenters. The first-order valence-corrected chi connectivity index (χ1v) is 8.71. The van der Waals surface area contributed by atoms with Gasteiger partial charge < -0.3 is 14.6 Å². The lowest BCUT2D eigenvalue weighted by molar-refractivity contribution is -0.0764. The molecule has 2 heterocycles. The van der Waals surface area contributed by atoms with E-state index in [-0.39, 0.29) is 19.0 Å². The van der Waals surface area contributed by atoms with Gasteiger partial charge in [0.25, 0.3) is 0 Å². The molecule has 0 spiro atoms. The molecule has 0 aliphatic carbocycles. The molecule has 3 rings (SSSR count). The highest BCUT2D eigenvalue weighted by Gasteiger charge is 2.22. The molecule has 0 aliphatic rings. The van der Waals surface area contributed by atoms with Crippen molar-refractivity contribution in [3.63, 3.8) is 0 Å². The molecule has 1 N–H and O–H groups in total. The molecule has 0 saturated heterocycles. The topological polar surface area (TPSA) is 112 Å². The third-order valence-electron chi connectivity index (χ3n) is 4.01. The fraction of sp³-hybridized carbons (Fsp3) is 0.263. The molecule has 0 radical (unpaired) electrons. The Bertz CT molecular complexity index is 956. The summed E-state index contributed by atoms with van der Waals surface area (Å²) in [5, 5.41) is 14.3. The molecule has 1 aromatic carbocycles. The van der Waals surface area contributed by atoms with Crippen LogP contribution in [0.3, 0.4) is 0 Å². The van der Waals surface area contributed by atoms with Crippen LogP contribution in [-0.4, -0.2) is 70.3 Å². The van der Waals surface area contributed by atoms with Crippen molar-refractivity contribution >= 4 is 5.91 Å². The van der Waals surface area contributed by atoms with E-state index < -0.39 is 5.91 Å². The average molecular weight is 399 g/mol. The standard InChI is InChI=1S/C19H21N5O5/c1-23(28-3)19(26)17-21-18(13-4-7-15(8-5-13)29-11-10-25)24(22-17)14-6-9-16(27-2)20-12-14/h4-9,12,25H,10-11H2,1-3H3. The number of hydrogen-bond acceptors (Lipinski definition) is 8. The predicted octanol–water partition coefficient (Wildman–Crippen LogP) is 1.34. The molecule has 2 aromatic heterocycles. The summed E-state index contributed by atoms with van der Waals surface area (Å²) in [6, 6.07) is 10.5. The van der Waals surface area contributed by atoms with E-state index in [0.29, 0.717) is 28.7 Å². The molecule has 1 amide bonds. The maximum atomic E-state index is 12.5. The van der Waals surface area contributed by atoms with Gasteiger partial charge in [-0.1, -0.05) is 0 Å². The Hall–Kier alpha value is -3.50. The number of pyridine rings is 1. The first-order chi connectivity index (χ1) is 14.1. The van der Waals surface area contributed by atoms with Gasteiger partial charge in [-0.15, -0.1) is 5.10 Å². The minimum absolute atomic E-state index is 0.0271. The van der Waals surface area contributed by atoms with Gasteiger partial charge in [0.1, 0.15) is 12.4 Å². The molecular weight excluding hydrogens is 378 g/mol. The smallest absolute Gasteiger partial charge is 0.316 e. The Morgan fingerprint density at radius 3 is 2.52 bits per heavy atom. The SMILES string of the molecule is COc1ccc(-n2nc(C(=O)N(C)OC)nc2-c2ccc(OCCO)cc2)cn1. The molecule has 0 bridgehead atoms. The van der Waals surface area contributed by atoms with Gasteiger partial charge in [0.05, 0.1) is 32.7 Å². The molecule has 0 fully saturated rings. The van der Waals surface area contributed by atoms with Crippen LogP contribution in [0, 0.1) is 0 Å². The number of hydroxylamine groups is 2. The summed E-state index contributed by atoms with van der Waals surface area (Å²) in [5.41, 5.74) is 1.32. The summed E-state index contributed by atoms with van der Waals surface area (Å²) >= 11 is 0. The number of aliphatic hydroxyl groups is 1. The highest BCUT2D eigenvalue weighted by molar-refractivity contribution is 5.90. The number of benzene rings is 1. The van der Waals surface area contributed by atoms with Crippen molar-refractivity contribution in [2.75, 3.05) is 34.5 Å². The van der Waals surface area contributed by atoms with E-state index in [0.717, 1.165) is 5.06 Å². The third kappa shape index (κ3) is 4.50. The summed E-state index contributed by atoms with van der Waals surface area (Å²) in [7, 11) is 4.39. The summed E-state index contributed by atoms with van der Waals surface area (Å²) in [6.07, 6.45) is 1.57. The van der Waals surface area contributed by atoms with E-state index >= 15 is 0 Å². The number of carbonyl (C=O) groups is 1. The maximum Gasteiger partial charge on any atom is 0.316 e. The van der Waals surface area contributed by atoms with E-state index in [2.05, 4.69) is 15.1 Å². The first kappa shape index (κ1) is 20.2. The number of ether oxygens (including phenoxy) is 2. The van der Waals surface area contributed by atoms with E-state index in [1.807, 2.05) is 0 Å². The van der Waals surface area contributed by atoms with Gasteiger partial charge in [0.2, 0.25) is 11.7 Å². The van der Waals surface area contributed by atoms with Gasteiger partial charge in [-0.2, -0.15) is 0 Å². The summed E-state index contributed by atoms with van der Waals surface area (Å²) in [4.78, 5) is 26.0. The largest absolute Gasteiger partial charge is 0.491 e. The van der Waals surface area contributed by atoms with Gasteiger partial charge in [0, 0.05) is 18.7 Å². The molecule has 0 saturated carbocycles. The number of nitrogens with zero attached hydrogens (tertiary/aromatic N) is 5. The van der Waals surface area contributed by atoms with E-state index in [1.54, 1.807) is 42.6 Å². The lowest BCUT2D eigenvalue weighted by atomic mass is 10.2. The lowest BCUT2D eigenvalue weighted by Crippen LogP contribution is -2.26. The van der Waals surface area contributed by atoms with Crippen LogP contribution in [0.1, 0.15) is 10.6 Å². The zero-order valence-electron chi connectivity index (χ0n) is 16.3. The third-order valence-corrected chi connectivity index (χ3v) is 4.01. The minimum atomic E-state index is -0.489. The van der Waals surface area contributed by atoms with Gasteiger partial charge in [0.15, 0.2) is 5.82 Å². The second-order valence-corrected chi connectivity index (χ2v) is 5.81. The highest BCUT2D eigenvalue weighted by atomic mass is 16.7. The Kier molecular flexibility index (Phi) is 6.37. The summed E-state index contributed by atoms with van der Waals surface area (Å²) in [5.74, 6) is 0.989. The fourth-order valence-electron chi connectivity index (χ4n) is 2.48. The average Bonchev–Trinajstić information content (AvgIpc) is 3.22. The van der Waals surface area contributed by atoms with Crippen LogP contribution in [0.25, 0.3) is 17.1 Å². The van der Waals surface area contributed by atoms with Crippen LogP contribution in [0.2, 0.25) is 0 Å². The molecule has 3 aromatic rings. The van der Waals surface area contributed by atoms with Gasteiger partial charge >= 0.3 is 5.91 Å². The summed E-state index contributed by atoms with van der Waals surface area (Å²) < 4.78 is 12.0. The van der Waals surface area contributed by atoms with Crippen LogP contribution >= 0.6 is 0 Å². The zero-order valence-corrected chi connectivity index (χ0v) is 16.3. The number of aromatic nitrogens is 4. The summed E-state index contributed by atoms with van der Waals surface area (Å²) in [6.45, 7) is 0.133. The van der Waals surface area contributed by atoms with E-state index in [4.69, 9.17) is 19.4 Å². The minimum Gasteiger partial charge on any atom is -0.491 e. The van der Waals surface area contributed by atoms with Crippen LogP contribution in [0.15, 0.2) is 42.6 Å². The number of carbonyl (C=O) groups excluding carboxylic acids is 1. The first-order valence-electron chi connectivity index (χ1n) is 8.71. The Morgan fingerprint density at radius 2 is 1.93 bits per heavy atom. The second kappa shape index (κ2) is 9.13. The van der Waals surface area contributed by atoms with Crippen LogP contribution in [-0.2, 0) is 4.84 Å². The number of rotatable bonds is 8. The molecular formula is C19H21N5O5. The normalized spacial score (nSPS) is 10.6. The number of aliphatic hydroxyl groups excluding tert-OH is 1. The molecule has 10 heteroatoms. The molecule has 0 unspecified atom stereocenters. The quantitative estimate of drug-likeness (QED) is 0.565. The molecule has 0 aliphatic heterocycles. The van der Waals surface area contributed by atoms with Crippen LogP contribution < -0.4 is 9.47 Å². The van der Waals surface area contributed by atoms with Gasteiger partial charge in [-0.25, -0.2) is 19.7 Å². The van der Waals surface area contributed by atoms with Crippen molar-refractivity contribution in [1.82, 2.24) is 24.8 Å². The monoisotopic (exact) mass is 399 g/mol. The van der Waals surface area contributed by atoms with Crippen molar-refractivity contribution in [1.29, 1.82) is 0 Å². The number of methoxy groups -OCH3 is 1. The maximum absolute atomic E-state index is 12.5. The molecule has 29 heavy (non-hydrogen) atoms. The Balaban J connectivity index is 2.03. The number of amides is 1. The van der Waals surface area contributed by atoms with Crippen LogP contribution in [0.4, 0.5) is 0 Å². The van der Waals surface area contributed by atoms with Crippen molar-refractivity contribution in [3.05, 3.63) is 48.4 Å². The highest BCUT2D eigenvalue weighted by Crippen LogP contribution is 2.24. The van der Waals surface area contributed by atoms with Crippen molar-refractivity contribution in [3.8, 4) is 28.7 Å². The van der Waals surface area contributed by atoms with Gasteiger partial charge in [-0.05, 0) is 30.3 Å². The van der Waals surface area contributed by atoms with Gasteiger partial charge in [-0.3, -0.25) is 9.63 Å². The fourth-order valence-corrected chi connectivity index (χ4v) is 2.48. The number of hydrogen-bond donors (Lipinski definition) is 1. The predicted molar refractivity (Wildman–Crippen MR) is 103 cm³/mol.